The number of H-pyrrole nitrogens is 1. The summed E-state index contributed by atoms with van der Waals surface area (Å²) in [6, 6.07) is 1.94. The summed E-state index contributed by atoms with van der Waals surface area (Å²) in [7, 11) is 0. The van der Waals surface area contributed by atoms with Crippen LogP contribution in [0.2, 0.25) is 0 Å². The zero-order chi connectivity index (χ0) is 15.4. The maximum atomic E-state index is 12.7. The second kappa shape index (κ2) is 4.63. The molecule has 1 N–H and O–H groups in total. The molecule has 2 unspecified atom stereocenters. The Bertz CT molecular complexity index is 771. The lowest BCUT2D eigenvalue weighted by Crippen LogP contribution is -2.31. The average Bonchev–Trinajstić information content (AvgIpc) is 3.00. The van der Waals surface area contributed by atoms with Crippen LogP contribution in [0.5, 0.6) is 0 Å². The van der Waals surface area contributed by atoms with Crippen LogP contribution in [-0.4, -0.2) is 27.0 Å². The second-order valence-electron chi connectivity index (χ2n) is 6.36. The molecular formula is C16H18N4O2. The number of aromatic nitrogens is 3. The van der Waals surface area contributed by atoms with E-state index in [-0.39, 0.29) is 23.7 Å². The maximum Gasteiger partial charge on any atom is 0.238 e. The first kappa shape index (κ1) is 13.4. The molecule has 1 aliphatic carbocycles. The van der Waals surface area contributed by atoms with E-state index in [9.17, 15) is 9.59 Å². The predicted octanol–water partition coefficient (Wildman–Crippen LogP) is 2.25. The van der Waals surface area contributed by atoms with Gasteiger partial charge in [-0.15, -0.1) is 0 Å². The topological polar surface area (TPSA) is 79.0 Å². The van der Waals surface area contributed by atoms with Gasteiger partial charge in [-0.2, -0.15) is 5.10 Å². The highest BCUT2D eigenvalue weighted by atomic mass is 16.2. The van der Waals surface area contributed by atoms with Crippen LogP contribution in [0.25, 0.3) is 11.0 Å². The van der Waals surface area contributed by atoms with Gasteiger partial charge in [0.25, 0.3) is 0 Å². The number of nitrogens with one attached hydrogen (secondary N) is 1. The number of carbonyl (C=O) groups excluding carboxylic acids is 2. The number of aryl methyl sites for hydroxylation is 2. The summed E-state index contributed by atoms with van der Waals surface area (Å²) in [5, 5.41) is 7.87. The molecular weight excluding hydrogens is 280 g/mol. The van der Waals surface area contributed by atoms with E-state index in [4.69, 9.17) is 0 Å². The summed E-state index contributed by atoms with van der Waals surface area (Å²) in [5.41, 5.74) is 2.48. The maximum absolute atomic E-state index is 12.7. The highest BCUT2D eigenvalue weighted by molar-refractivity contribution is 6.24. The number of nitrogens with zero attached hydrogens (tertiary/aromatic N) is 3. The normalized spacial score (nSPS) is 25.1. The number of aromatic amines is 1. The monoisotopic (exact) mass is 298 g/mol. The van der Waals surface area contributed by atoms with Gasteiger partial charge in [0.1, 0.15) is 0 Å². The van der Waals surface area contributed by atoms with Crippen molar-refractivity contribution >= 4 is 28.7 Å². The molecule has 1 aliphatic heterocycles. The SMILES string of the molecule is Cc1cc(C)c2c(N3C(=O)C4CCCCC4C3=O)n[nH]c2n1. The molecule has 22 heavy (non-hydrogen) atoms. The largest absolute Gasteiger partial charge is 0.274 e. The lowest BCUT2D eigenvalue weighted by Gasteiger charge is -2.19. The summed E-state index contributed by atoms with van der Waals surface area (Å²) in [6.45, 7) is 3.86. The lowest BCUT2D eigenvalue weighted by atomic mass is 9.81. The highest BCUT2D eigenvalue weighted by Crippen LogP contribution is 2.41. The molecule has 0 radical (unpaired) electrons. The third kappa shape index (κ3) is 1.73. The molecule has 6 heteroatoms. The molecule has 0 spiro atoms. The van der Waals surface area contributed by atoms with E-state index >= 15 is 0 Å². The number of fused-ring (bicyclic) bond motifs is 2. The fourth-order valence-corrected chi connectivity index (χ4v) is 3.89. The second-order valence-corrected chi connectivity index (χ2v) is 6.36. The van der Waals surface area contributed by atoms with E-state index in [0.717, 1.165) is 42.3 Å². The van der Waals surface area contributed by atoms with Crippen molar-refractivity contribution < 1.29 is 9.59 Å². The van der Waals surface area contributed by atoms with E-state index in [1.807, 2.05) is 19.9 Å². The molecule has 4 rings (SSSR count). The van der Waals surface area contributed by atoms with Crippen molar-refractivity contribution in [1.29, 1.82) is 0 Å². The summed E-state index contributed by atoms with van der Waals surface area (Å²) < 4.78 is 0. The highest BCUT2D eigenvalue weighted by Gasteiger charge is 2.50. The number of imide groups is 1. The van der Waals surface area contributed by atoms with Gasteiger partial charge < -0.3 is 0 Å². The Balaban J connectivity index is 1.85. The molecule has 6 nitrogen and oxygen atoms in total. The third-order valence-corrected chi connectivity index (χ3v) is 4.89. The molecule has 2 aliphatic rings. The molecule has 0 aromatic carbocycles. The standard InChI is InChI=1S/C16H18N4O2/c1-8-7-9(2)17-13-12(8)14(19-18-13)20-15(21)10-5-3-4-6-11(10)16(20)22/h7,10-11H,3-6H2,1-2H3,(H,17,18,19). The number of hydrogen-bond donors (Lipinski definition) is 1. The van der Waals surface area contributed by atoms with Gasteiger partial charge in [0.2, 0.25) is 11.8 Å². The van der Waals surface area contributed by atoms with Crippen molar-refractivity contribution in [1.82, 2.24) is 15.2 Å². The fourth-order valence-electron chi connectivity index (χ4n) is 3.89. The Hall–Kier alpha value is -2.24. The van der Waals surface area contributed by atoms with Crippen molar-refractivity contribution in [2.45, 2.75) is 39.5 Å². The van der Waals surface area contributed by atoms with Crippen LogP contribution in [0.1, 0.15) is 36.9 Å². The van der Waals surface area contributed by atoms with Crippen LogP contribution < -0.4 is 4.90 Å². The Kier molecular flexibility index (Phi) is 2.82. The molecule has 0 bridgehead atoms. The average molecular weight is 298 g/mol. The van der Waals surface area contributed by atoms with Gasteiger partial charge in [0.15, 0.2) is 11.5 Å². The lowest BCUT2D eigenvalue weighted by molar-refractivity contribution is -0.122. The Morgan fingerprint density at radius 3 is 2.41 bits per heavy atom. The third-order valence-electron chi connectivity index (χ3n) is 4.89. The van der Waals surface area contributed by atoms with E-state index < -0.39 is 0 Å². The van der Waals surface area contributed by atoms with Crippen LogP contribution in [-0.2, 0) is 9.59 Å². The number of amides is 2. The van der Waals surface area contributed by atoms with Crippen molar-refractivity contribution in [2.75, 3.05) is 4.90 Å². The van der Waals surface area contributed by atoms with E-state index in [2.05, 4.69) is 15.2 Å². The van der Waals surface area contributed by atoms with Gasteiger partial charge in [0, 0.05) is 5.69 Å². The molecule has 2 atom stereocenters. The van der Waals surface area contributed by atoms with Crippen molar-refractivity contribution in [2.24, 2.45) is 11.8 Å². The van der Waals surface area contributed by atoms with E-state index in [0.29, 0.717) is 11.5 Å². The predicted molar refractivity (Wildman–Crippen MR) is 81.3 cm³/mol. The Morgan fingerprint density at radius 2 is 1.77 bits per heavy atom. The molecule has 114 valence electrons. The van der Waals surface area contributed by atoms with Gasteiger partial charge in [-0.05, 0) is 38.3 Å². The summed E-state index contributed by atoms with van der Waals surface area (Å²) in [4.78, 5) is 31.1. The number of pyridine rings is 1. The first-order chi connectivity index (χ1) is 10.6. The van der Waals surface area contributed by atoms with Gasteiger partial charge in [-0.3, -0.25) is 14.7 Å². The molecule has 2 aromatic heterocycles. The molecule has 2 amide bonds. The van der Waals surface area contributed by atoms with Crippen molar-refractivity contribution in [3.8, 4) is 0 Å². The minimum Gasteiger partial charge on any atom is -0.274 e. The first-order valence-electron chi connectivity index (χ1n) is 7.78. The van der Waals surface area contributed by atoms with Gasteiger partial charge in [-0.1, -0.05) is 12.8 Å². The zero-order valence-corrected chi connectivity index (χ0v) is 12.7. The van der Waals surface area contributed by atoms with Crippen LogP contribution in [0, 0.1) is 25.7 Å². The number of hydrogen-bond acceptors (Lipinski definition) is 4. The molecule has 1 saturated carbocycles. The van der Waals surface area contributed by atoms with Crippen LogP contribution in [0.4, 0.5) is 5.82 Å². The van der Waals surface area contributed by atoms with Crippen molar-refractivity contribution in [3.63, 3.8) is 0 Å². The van der Waals surface area contributed by atoms with Crippen LogP contribution in [0.15, 0.2) is 6.07 Å². The minimum absolute atomic E-state index is 0.0944. The quantitative estimate of drug-likeness (QED) is 0.819. The Morgan fingerprint density at radius 1 is 1.14 bits per heavy atom. The molecule has 3 heterocycles. The molecule has 1 saturated heterocycles. The van der Waals surface area contributed by atoms with Gasteiger partial charge in [0.05, 0.1) is 17.2 Å². The van der Waals surface area contributed by atoms with Gasteiger partial charge >= 0.3 is 0 Å². The van der Waals surface area contributed by atoms with Crippen molar-refractivity contribution in [3.05, 3.63) is 17.3 Å². The Labute approximate surface area is 127 Å². The smallest absolute Gasteiger partial charge is 0.238 e. The fraction of sp³-hybridized carbons (Fsp3) is 0.500. The molecule has 2 fully saturated rings. The minimum atomic E-state index is -0.160. The van der Waals surface area contributed by atoms with Crippen LogP contribution in [0.3, 0.4) is 0 Å². The number of carbonyl (C=O) groups is 2. The summed E-state index contributed by atoms with van der Waals surface area (Å²) in [6.07, 6.45) is 3.67. The first-order valence-corrected chi connectivity index (χ1v) is 7.78. The van der Waals surface area contributed by atoms with E-state index in [1.54, 1.807) is 0 Å². The molecule has 2 aromatic rings. The number of anilines is 1. The number of rotatable bonds is 1. The zero-order valence-electron chi connectivity index (χ0n) is 12.7. The van der Waals surface area contributed by atoms with E-state index in [1.165, 1.54) is 4.90 Å². The summed E-state index contributed by atoms with van der Waals surface area (Å²) in [5.74, 6) is -0.0889. The van der Waals surface area contributed by atoms with Gasteiger partial charge in [-0.25, -0.2) is 9.88 Å². The van der Waals surface area contributed by atoms with Crippen LogP contribution >= 0.6 is 0 Å². The summed E-state index contributed by atoms with van der Waals surface area (Å²) >= 11 is 0.